The number of hydrogen-bond donors (Lipinski definition) is 1. The maximum absolute atomic E-state index is 12.1. The van der Waals surface area contributed by atoms with E-state index in [1.54, 1.807) is 11.0 Å². The van der Waals surface area contributed by atoms with Crippen molar-refractivity contribution in [3.8, 4) is 11.4 Å². The first kappa shape index (κ1) is 13.8. The minimum absolute atomic E-state index is 0.0263. The van der Waals surface area contributed by atoms with Crippen LogP contribution in [0.1, 0.15) is 12.8 Å². The zero-order chi connectivity index (χ0) is 14.7. The van der Waals surface area contributed by atoms with Gasteiger partial charge in [-0.05, 0) is 37.1 Å². The normalized spacial score (nSPS) is 18.4. The number of nitrogens with zero attached hydrogens (tertiary/aromatic N) is 3. The molecule has 1 amide bonds. The average molecular weight is 286 g/mol. The molecule has 1 aliphatic rings. The van der Waals surface area contributed by atoms with Gasteiger partial charge in [0.15, 0.2) is 5.82 Å². The SMILES string of the molecule is Cn1cnc(-c2ccc(NC(=O)C3CCCOC3)cc2)n1. The van der Waals surface area contributed by atoms with Crippen molar-refractivity contribution in [1.82, 2.24) is 14.8 Å². The summed E-state index contributed by atoms with van der Waals surface area (Å²) in [6.07, 6.45) is 3.50. The molecule has 6 nitrogen and oxygen atoms in total. The van der Waals surface area contributed by atoms with Crippen molar-refractivity contribution in [3.05, 3.63) is 30.6 Å². The van der Waals surface area contributed by atoms with Gasteiger partial charge >= 0.3 is 0 Å². The zero-order valence-corrected chi connectivity index (χ0v) is 12.0. The van der Waals surface area contributed by atoms with Crippen LogP contribution < -0.4 is 5.32 Å². The van der Waals surface area contributed by atoms with Crippen molar-refractivity contribution in [2.24, 2.45) is 13.0 Å². The zero-order valence-electron chi connectivity index (χ0n) is 12.0. The summed E-state index contributed by atoms with van der Waals surface area (Å²) < 4.78 is 7.00. The fraction of sp³-hybridized carbons (Fsp3) is 0.400. The van der Waals surface area contributed by atoms with E-state index in [0.717, 1.165) is 30.7 Å². The highest BCUT2D eigenvalue weighted by Gasteiger charge is 2.21. The third kappa shape index (κ3) is 3.28. The van der Waals surface area contributed by atoms with Gasteiger partial charge in [0.2, 0.25) is 5.91 Å². The number of ether oxygens (including phenoxy) is 1. The van der Waals surface area contributed by atoms with E-state index < -0.39 is 0 Å². The number of benzene rings is 1. The minimum Gasteiger partial charge on any atom is -0.381 e. The van der Waals surface area contributed by atoms with Crippen LogP contribution in [0.5, 0.6) is 0 Å². The molecule has 110 valence electrons. The maximum atomic E-state index is 12.1. The molecule has 1 aliphatic heterocycles. The van der Waals surface area contributed by atoms with E-state index in [1.165, 1.54) is 0 Å². The Bertz CT molecular complexity index is 615. The van der Waals surface area contributed by atoms with Crippen LogP contribution in [0.2, 0.25) is 0 Å². The van der Waals surface area contributed by atoms with Crippen LogP contribution in [0.4, 0.5) is 5.69 Å². The molecule has 0 spiro atoms. The van der Waals surface area contributed by atoms with Crippen LogP contribution in [0, 0.1) is 5.92 Å². The molecule has 21 heavy (non-hydrogen) atoms. The molecule has 1 aromatic carbocycles. The standard InChI is InChI=1S/C15H18N4O2/c1-19-10-16-14(18-19)11-4-6-13(7-5-11)17-15(20)12-3-2-8-21-9-12/h4-7,10,12H,2-3,8-9H2,1H3,(H,17,20). The Labute approximate surface area is 123 Å². The fourth-order valence-electron chi connectivity index (χ4n) is 2.37. The van der Waals surface area contributed by atoms with Crippen molar-refractivity contribution >= 4 is 11.6 Å². The van der Waals surface area contributed by atoms with Gasteiger partial charge in [-0.1, -0.05) is 0 Å². The van der Waals surface area contributed by atoms with E-state index >= 15 is 0 Å². The average Bonchev–Trinajstić information content (AvgIpc) is 2.95. The molecular formula is C15H18N4O2. The molecule has 0 saturated carbocycles. The minimum atomic E-state index is -0.0455. The lowest BCUT2D eigenvalue weighted by molar-refractivity contribution is -0.123. The van der Waals surface area contributed by atoms with Gasteiger partial charge < -0.3 is 10.1 Å². The number of hydrogen-bond acceptors (Lipinski definition) is 4. The number of amides is 1. The fourth-order valence-corrected chi connectivity index (χ4v) is 2.37. The molecule has 2 aromatic rings. The summed E-state index contributed by atoms with van der Waals surface area (Å²) in [5.74, 6) is 0.658. The first-order valence-corrected chi connectivity index (χ1v) is 7.07. The van der Waals surface area contributed by atoms with Gasteiger partial charge in [0, 0.05) is 24.9 Å². The number of aromatic nitrogens is 3. The number of aryl methyl sites for hydroxylation is 1. The van der Waals surface area contributed by atoms with E-state index in [0.29, 0.717) is 12.4 Å². The number of carbonyl (C=O) groups excluding carboxylic acids is 1. The summed E-state index contributed by atoms with van der Waals surface area (Å²) in [5, 5.41) is 7.18. The molecule has 1 saturated heterocycles. The van der Waals surface area contributed by atoms with Crippen molar-refractivity contribution in [1.29, 1.82) is 0 Å². The largest absolute Gasteiger partial charge is 0.381 e. The summed E-state index contributed by atoms with van der Waals surface area (Å²) in [7, 11) is 1.83. The van der Waals surface area contributed by atoms with Crippen molar-refractivity contribution in [3.63, 3.8) is 0 Å². The number of carbonyl (C=O) groups is 1. The monoisotopic (exact) mass is 286 g/mol. The molecule has 0 bridgehead atoms. The molecule has 6 heteroatoms. The number of nitrogens with one attached hydrogen (secondary N) is 1. The van der Waals surface area contributed by atoms with E-state index in [2.05, 4.69) is 15.4 Å². The van der Waals surface area contributed by atoms with Crippen LogP contribution in [0.15, 0.2) is 30.6 Å². The molecule has 2 heterocycles. The Morgan fingerprint density at radius 1 is 1.38 bits per heavy atom. The third-order valence-electron chi connectivity index (χ3n) is 3.54. The van der Waals surface area contributed by atoms with Gasteiger partial charge in [-0.25, -0.2) is 4.98 Å². The molecule has 3 rings (SSSR count). The summed E-state index contributed by atoms with van der Waals surface area (Å²) in [6.45, 7) is 1.28. The van der Waals surface area contributed by atoms with Gasteiger partial charge in [-0.15, -0.1) is 0 Å². The van der Waals surface area contributed by atoms with E-state index in [1.807, 2.05) is 31.3 Å². The van der Waals surface area contributed by atoms with Gasteiger partial charge in [0.1, 0.15) is 6.33 Å². The van der Waals surface area contributed by atoms with Gasteiger partial charge in [-0.2, -0.15) is 5.10 Å². The predicted octanol–water partition coefficient (Wildman–Crippen LogP) is 1.85. The summed E-state index contributed by atoms with van der Waals surface area (Å²) in [6, 6.07) is 7.55. The second kappa shape index (κ2) is 6.05. The predicted molar refractivity (Wildman–Crippen MR) is 78.6 cm³/mol. The third-order valence-corrected chi connectivity index (χ3v) is 3.54. The number of anilines is 1. The van der Waals surface area contributed by atoms with E-state index in [4.69, 9.17) is 4.74 Å². The van der Waals surface area contributed by atoms with E-state index in [-0.39, 0.29) is 11.8 Å². The molecular weight excluding hydrogens is 268 g/mol. The van der Waals surface area contributed by atoms with Crippen molar-refractivity contribution < 1.29 is 9.53 Å². The van der Waals surface area contributed by atoms with Crippen LogP contribution in [-0.4, -0.2) is 33.9 Å². The molecule has 1 N–H and O–H groups in total. The van der Waals surface area contributed by atoms with Crippen LogP contribution in [-0.2, 0) is 16.6 Å². The lowest BCUT2D eigenvalue weighted by Gasteiger charge is -2.21. The van der Waals surface area contributed by atoms with Crippen LogP contribution in [0.3, 0.4) is 0 Å². The van der Waals surface area contributed by atoms with Gasteiger partial charge in [0.25, 0.3) is 0 Å². The molecule has 1 fully saturated rings. The molecule has 0 radical (unpaired) electrons. The number of rotatable bonds is 3. The summed E-state index contributed by atoms with van der Waals surface area (Å²) >= 11 is 0. The highest BCUT2D eigenvalue weighted by atomic mass is 16.5. The van der Waals surface area contributed by atoms with Crippen LogP contribution >= 0.6 is 0 Å². The smallest absolute Gasteiger partial charge is 0.229 e. The van der Waals surface area contributed by atoms with Gasteiger partial charge in [-0.3, -0.25) is 9.48 Å². The topological polar surface area (TPSA) is 69.0 Å². The maximum Gasteiger partial charge on any atom is 0.229 e. The highest BCUT2D eigenvalue weighted by Crippen LogP contribution is 2.20. The van der Waals surface area contributed by atoms with Gasteiger partial charge in [0.05, 0.1) is 12.5 Å². The highest BCUT2D eigenvalue weighted by molar-refractivity contribution is 5.92. The Kier molecular flexibility index (Phi) is 3.96. The molecule has 1 atom stereocenters. The first-order chi connectivity index (χ1) is 10.2. The lowest BCUT2D eigenvalue weighted by Crippen LogP contribution is -2.30. The first-order valence-electron chi connectivity index (χ1n) is 7.07. The Morgan fingerprint density at radius 2 is 2.19 bits per heavy atom. The van der Waals surface area contributed by atoms with Crippen molar-refractivity contribution in [2.45, 2.75) is 12.8 Å². The second-order valence-corrected chi connectivity index (χ2v) is 5.22. The van der Waals surface area contributed by atoms with Crippen LogP contribution in [0.25, 0.3) is 11.4 Å². The van der Waals surface area contributed by atoms with E-state index in [9.17, 15) is 4.79 Å². The lowest BCUT2D eigenvalue weighted by atomic mass is 10.0. The molecule has 1 aromatic heterocycles. The Balaban J connectivity index is 1.65. The quantitative estimate of drug-likeness (QED) is 0.935. The molecule has 0 aliphatic carbocycles. The molecule has 1 unspecified atom stereocenters. The Hall–Kier alpha value is -2.21. The summed E-state index contributed by atoms with van der Waals surface area (Å²) in [4.78, 5) is 16.3. The summed E-state index contributed by atoms with van der Waals surface area (Å²) in [5.41, 5.74) is 1.71. The Morgan fingerprint density at radius 3 is 2.81 bits per heavy atom. The van der Waals surface area contributed by atoms with Crippen molar-refractivity contribution in [2.75, 3.05) is 18.5 Å². The second-order valence-electron chi connectivity index (χ2n) is 5.22.